The van der Waals surface area contributed by atoms with E-state index in [0.29, 0.717) is 0 Å². The molecule has 0 aromatic heterocycles. The Hall–Kier alpha value is -0.370. The van der Waals surface area contributed by atoms with Gasteiger partial charge in [-0.1, -0.05) is 11.6 Å². The maximum Gasteiger partial charge on any atom is 0.105 e. The molecule has 30 valence electrons. The average Bonchev–Trinajstić information content (AvgIpc) is 1.38. The average molecular weight is 92.5 g/mol. The van der Waals surface area contributed by atoms with E-state index in [1.165, 1.54) is 0 Å². The second kappa shape index (κ2) is 1.91. The summed E-state index contributed by atoms with van der Waals surface area (Å²) in [5, 5.41) is 0. The van der Waals surface area contributed by atoms with Crippen LogP contribution in [0.3, 0.4) is 0 Å². The quantitative estimate of drug-likeness (QED) is 0.440. The van der Waals surface area contributed by atoms with Crippen LogP contribution in [0.15, 0.2) is 11.4 Å². The van der Waals surface area contributed by atoms with Crippen LogP contribution >= 0.6 is 11.6 Å². The summed E-state index contributed by atoms with van der Waals surface area (Å²) in [6, 6.07) is 0. The van der Waals surface area contributed by atoms with E-state index in [4.69, 9.17) is 23.1 Å². The Bertz CT molecular complexity index is 45.6. The van der Waals surface area contributed by atoms with Gasteiger partial charge >= 0.3 is 0 Å². The Morgan fingerprint density at radius 2 is 1.80 bits per heavy atom. The molecule has 0 fully saturated rings. The van der Waals surface area contributed by atoms with Crippen LogP contribution in [-0.2, 0) is 0 Å². The van der Waals surface area contributed by atoms with Crippen LogP contribution in [-0.4, -0.2) is 0 Å². The molecule has 5 heavy (non-hydrogen) atoms. The highest BCUT2D eigenvalue weighted by atomic mass is 35.5. The Balaban J connectivity index is 3.14. The monoisotopic (exact) mass is 92.0 g/mol. The Labute approximate surface area is 35.4 Å². The number of halogens is 1. The first-order chi connectivity index (χ1) is 2.27. The van der Waals surface area contributed by atoms with Crippen molar-refractivity contribution in [1.29, 1.82) is 0 Å². The molecule has 0 bridgehead atoms. The summed E-state index contributed by atoms with van der Waals surface area (Å²) in [6.45, 7) is 0. The summed E-state index contributed by atoms with van der Waals surface area (Å²) in [5.41, 5.74) is 10.7. The zero-order valence-corrected chi connectivity index (χ0v) is 3.37. The summed E-state index contributed by atoms with van der Waals surface area (Å²) < 4.78 is 0. The summed E-state index contributed by atoms with van der Waals surface area (Å²) in [5.74, 6) is 0.145. The second-order valence-electron chi connectivity index (χ2n) is 0.609. The highest BCUT2D eigenvalue weighted by molar-refractivity contribution is 6.25. The van der Waals surface area contributed by atoms with Crippen LogP contribution in [0.4, 0.5) is 0 Å². The normalized spacial score (nSPS) is 6.60. The first-order valence-electron chi connectivity index (χ1n) is 1.08. The third-order valence-corrected chi connectivity index (χ3v) is 0.378. The SMILES string of the molecule is NC(N)=CCl. The standard InChI is InChI=1S/C2H5ClN2/c3-1-2(4)5/h1H,4-5H2. The van der Waals surface area contributed by atoms with Crippen LogP contribution < -0.4 is 11.5 Å². The highest BCUT2D eigenvalue weighted by Gasteiger charge is 1.62. The van der Waals surface area contributed by atoms with Crippen LogP contribution in [0.5, 0.6) is 0 Å². The summed E-state index contributed by atoms with van der Waals surface area (Å²) in [7, 11) is 0. The minimum Gasteiger partial charge on any atom is -0.385 e. The lowest BCUT2D eigenvalue weighted by atomic mass is 10.9. The molecule has 3 heteroatoms. The Morgan fingerprint density at radius 3 is 1.80 bits per heavy atom. The summed E-state index contributed by atoms with van der Waals surface area (Å²) in [4.78, 5) is 0. The third kappa shape index (κ3) is 3.63. The van der Waals surface area contributed by atoms with Crippen molar-refractivity contribution in [2.75, 3.05) is 0 Å². The first-order valence-corrected chi connectivity index (χ1v) is 1.52. The van der Waals surface area contributed by atoms with Gasteiger partial charge in [0.15, 0.2) is 0 Å². The molecule has 0 radical (unpaired) electrons. The van der Waals surface area contributed by atoms with E-state index in [1.807, 2.05) is 0 Å². The van der Waals surface area contributed by atoms with Crippen LogP contribution in [0.1, 0.15) is 0 Å². The van der Waals surface area contributed by atoms with Gasteiger partial charge < -0.3 is 11.5 Å². The zero-order chi connectivity index (χ0) is 4.28. The number of nitrogens with two attached hydrogens (primary N) is 2. The van der Waals surface area contributed by atoms with Gasteiger partial charge in [0.05, 0.1) is 0 Å². The molecule has 0 aliphatic rings. The van der Waals surface area contributed by atoms with E-state index in [2.05, 4.69) is 0 Å². The number of hydrogen-bond donors (Lipinski definition) is 2. The molecule has 0 atom stereocenters. The van der Waals surface area contributed by atoms with Crippen molar-refractivity contribution >= 4 is 11.6 Å². The van der Waals surface area contributed by atoms with Crippen molar-refractivity contribution in [2.45, 2.75) is 0 Å². The number of hydrogen-bond acceptors (Lipinski definition) is 2. The van der Waals surface area contributed by atoms with E-state index in [0.717, 1.165) is 5.54 Å². The van der Waals surface area contributed by atoms with Crippen molar-refractivity contribution in [3.8, 4) is 0 Å². The summed E-state index contributed by atoms with van der Waals surface area (Å²) >= 11 is 4.92. The van der Waals surface area contributed by atoms with Crippen molar-refractivity contribution in [3.05, 3.63) is 11.4 Å². The van der Waals surface area contributed by atoms with Crippen LogP contribution in [0.2, 0.25) is 0 Å². The van der Waals surface area contributed by atoms with Crippen LogP contribution in [0.25, 0.3) is 0 Å². The lowest BCUT2D eigenvalue weighted by Gasteiger charge is -1.76. The smallest absolute Gasteiger partial charge is 0.105 e. The topological polar surface area (TPSA) is 52.0 Å². The molecule has 0 saturated carbocycles. The van der Waals surface area contributed by atoms with E-state index in [1.54, 1.807) is 0 Å². The molecule has 0 aromatic carbocycles. The maximum atomic E-state index is 4.92. The van der Waals surface area contributed by atoms with Crippen molar-refractivity contribution < 1.29 is 0 Å². The highest BCUT2D eigenvalue weighted by Crippen LogP contribution is 1.72. The molecular weight excluding hydrogens is 87.5 g/mol. The predicted molar refractivity (Wildman–Crippen MR) is 22.3 cm³/mol. The molecule has 0 aliphatic carbocycles. The second-order valence-corrected chi connectivity index (χ2v) is 0.827. The Kier molecular flexibility index (Phi) is 1.76. The van der Waals surface area contributed by atoms with Crippen molar-refractivity contribution in [3.63, 3.8) is 0 Å². The lowest BCUT2D eigenvalue weighted by Crippen LogP contribution is -2.05. The largest absolute Gasteiger partial charge is 0.385 e. The molecule has 0 amide bonds. The van der Waals surface area contributed by atoms with Gasteiger partial charge in [-0.3, -0.25) is 0 Å². The molecule has 0 aliphatic heterocycles. The van der Waals surface area contributed by atoms with E-state index < -0.39 is 0 Å². The molecule has 0 saturated heterocycles. The number of rotatable bonds is 0. The fourth-order valence-corrected chi connectivity index (χ4v) is 0. The van der Waals surface area contributed by atoms with Gasteiger partial charge in [-0.25, -0.2) is 0 Å². The fourth-order valence-electron chi connectivity index (χ4n) is 0. The van der Waals surface area contributed by atoms with Gasteiger partial charge in [0.1, 0.15) is 5.82 Å². The zero-order valence-electron chi connectivity index (χ0n) is 2.61. The van der Waals surface area contributed by atoms with Gasteiger partial charge in [0.2, 0.25) is 0 Å². The van der Waals surface area contributed by atoms with Crippen molar-refractivity contribution in [2.24, 2.45) is 11.5 Å². The lowest BCUT2D eigenvalue weighted by molar-refractivity contribution is 1.26. The van der Waals surface area contributed by atoms with E-state index in [-0.39, 0.29) is 5.82 Å². The van der Waals surface area contributed by atoms with Crippen LogP contribution in [0, 0.1) is 0 Å². The predicted octanol–water partition coefficient (Wildman–Crippen LogP) is -0.0585. The fraction of sp³-hybridized carbons (Fsp3) is 0. The Morgan fingerprint density at radius 1 is 1.60 bits per heavy atom. The molecule has 0 rings (SSSR count). The molecule has 0 aromatic rings. The van der Waals surface area contributed by atoms with Gasteiger partial charge in [-0.15, -0.1) is 0 Å². The van der Waals surface area contributed by atoms with Gasteiger partial charge in [0.25, 0.3) is 0 Å². The molecule has 0 heterocycles. The summed E-state index contributed by atoms with van der Waals surface area (Å²) in [6.07, 6.45) is 0. The molecule has 4 N–H and O–H groups in total. The van der Waals surface area contributed by atoms with E-state index >= 15 is 0 Å². The van der Waals surface area contributed by atoms with Gasteiger partial charge in [-0.05, 0) is 0 Å². The molecule has 0 unspecified atom stereocenters. The third-order valence-electron chi connectivity index (χ3n) is 0.126. The molecule has 2 nitrogen and oxygen atoms in total. The van der Waals surface area contributed by atoms with Crippen molar-refractivity contribution in [1.82, 2.24) is 0 Å². The first kappa shape index (κ1) is 4.63. The minimum absolute atomic E-state index is 0.145. The molecule has 0 spiro atoms. The van der Waals surface area contributed by atoms with Gasteiger partial charge in [0, 0.05) is 5.54 Å². The minimum atomic E-state index is 0.145. The maximum absolute atomic E-state index is 4.92. The van der Waals surface area contributed by atoms with Gasteiger partial charge in [-0.2, -0.15) is 0 Å². The van der Waals surface area contributed by atoms with E-state index in [9.17, 15) is 0 Å². The molecular formula is C2H5ClN2.